The van der Waals surface area contributed by atoms with Crippen LogP contribution in [0.15, 0.2) is 30.5 Å². The van der Waals surface area contributed by atoms with Crippen LogP contribution in [-0.2, 0) is 0 Å². The van der Waals surface area contributed by atoms with Gasteiger partial charge in [-0.1, -0.05) is 6.07 Å². The van der Waals surface area contributed by atoms with E-state index in [1.165, 1.54) is 11.3 Å². The van der Waals surface area contributed by atoms with Gasteiger partial charge in [-0.25, -0.2) is 0 Å². The number of aryl methyl sites for hydroxylation is 1. The molecule has 2 rings (SSSR count). The first kappa shape index (κ1) is 12.6. The highest BCUT2D eigenvalue weighted by Crippen LogP contribution is 2.23. The van der Waals surface area contributed by atoms with Crippen LogP contribution in [0.2, 0.25) is 0 Å². The SMILES string of the molecule is Cc1sc(C(=O)NC(C)c2ccccn2)cc1N. The van der Waals surface area contributed by atoms with Gasteiger partial charge in [0, 0.05) is 16.8 Å². The maximum absolute atomic E-state index is 12.0. The fourth-order valence-corrected chi connectivity index (χ4v) is 2.43. The largest absolute Gasteiger partial charge is 0.398 e. The second-order valence-corrected chi connectivity index (χ2v) is 5.33. The zero-order chi connectivity index (χ0) is 13.1. The van der Waals surface area contributed by atoms with Crippen molar-refractivity contribution in [3.05, 3.63) is 45.9 Å². The zero-order valence-electron chi connectivity index (χ0n) is 10.3. The first-order valence-corrected chi connectivity index (χ1v) is 6.47. The van der Waals surface area contributed by atoms with Crippen LogP contribution in [0.5, 0.6) is 0 Å². The minimum Gasteiger partial charge on any atom is -0.398 e. The molecule has 1 amide bonds. The molecule has 0 radical (unpaired) electrons. The third kappa shape index (κ3) is 2.68. The lowest BCUT2D eigenvalue weighted by atomic mass is 10.2. The standard InChI is InChI=1S/C13H15N3OS/c1-8(11-5-3-4-6-15-11)16-13(17)12-7-10(14)9(2)18-12/h3-8H,14H2,1-2H3,(H,16,17). The van der Waals surface area contributed by atoms with Crippen molar-refractivity contribution in [3.8, 4) is 0 Å². The molecule has 2 aromatic heterocycles. The Labute approximate surface area is 110 Å². The number of nitrogens with two attached hydrogens (primary N) is 1. The molecule has 3 N–H and O–H groups in total. The van der Waals surface area contributed by atoms with E-state index >= 15 is 0 Å². The Morgan fingerprint density at radius 1 is 1.50 bits per heavy atom. The number of nitrogens with zero attached hydrogens (tertiary/aromatic N) is 1. The molecule has 0 aliphatic carbocycles. The van der Waals surface area contributed by atoms with E-state index in [2.05, 4.69) is 10.3 Å². The second-order valence-electron chi connectivity index (χ2n) is 4.07. The fourth-order valence-electron chi connectivity index (χ4n) is 1.58. The van der Waals surface area contributed by atoms with Crippen LogP contribution in [0.1, 0.15) is 33.2 Å². The van der Waals surface area contributed by atoms with Crippen LogP contribution in [0.25, 0.3) is 0 Å². The van der Waals surface area contributed by atoms with E-state index < -0.39 is 0 Å². The Bertz CT molecular complexity index is 531. The van der Waals surface area contributed by atoms with Gasteiger partial charge >= 0.3 is 0 Å². The molecular formula is C13H15N3OS. The number of carbonyl (C=O) groups excluding carboxylic acids is 1. The maximum Gasteiger partial charge on any atom is 0.261 e. The molecule has 0 saturated heterocycles. The van der Waals surface area contributed by atoms with Crippen molar-refractivity contribution in [2.75, 3.05) is 5.73 Å². The van der Waals surface area contributed by atoms with E-state index in [-0.39, 0.29) is 11.9 Å². The highest BCUT2D eigenvalue weighted by Gasteiger charge is 2.14. The Morgan fingerprint density at radius 2 is 2.28 bits per heavy atom. The highest BCUT2D eigenvalue weighted by atomic mass is 32.1. The number of amides is 1. The van der Waals surface area contributed by atoms with Gasteiger partial charge in [-0.15, -0.1) is 11.3 Å². The van der Waals surface area contributed by atoms with Crippen LogP contribution < -0.4 is 11.1 Å². The molecule has 5 heteroatoms. The summed E-state index contributed by atoms with van der Waals surface area (Å²) in [6.45, 7) is 3.81. The minimum absolute atomic E-state index is 0.113. The monoisotopic (exact) mass is 261 g/mol. The summed E-state index contributed by atoms with van der Waals surface area (Å²) in [5, 5.41) is 2.91. The molecular weight excluding hydrogens is 246 g/mol. The summed E-state index contributed by atoms with van der Waals surface area (Å²) in [7, 11) is 0. The minimum atomic E-state index is -0.123. The number of rotatable bonds is 3. The summed E-state index contributed by atoms with van der Waals surface area (Å²) in [5.74, 6) is -0.113. The first-order chi connectivity index (χ1) is 8.58. The Balaban J connectivity index is 2.08. The van der Waals surface area contributed by atoms with Gasteiger partial charge < -0.3 is 11.1 Å². The molecule has 0 aromatic carbocycles. The summed E-state index contributed by atoms with van der Waals surface area (Å²) in [6, 6.07) is 7.22. The molecule has 0 fully saturated rings. The van der Waals surface area contributed by atoms with E-state index in [1.807, 2.05) is 32.0 Å². The lowest BCUT2D eigenvalue weighted by Crippen LogP contribution is -2.26. The van der Waals surface area contributed by atoms with Crippen LogP contribution in [-0.4, -0.2) is 10.9 Å². The summed E-state index contributed by atoms with van der Waals surface area (Å²) < 4.78 is 0. The average Bonchev–Trinajstić information content (AvgIpc) is 2.71. The van der Waals surface area contributed by atoms with Gasteiger partial charge in [0.05, 0.1) is 16.6 Å². The summed E-state index contributed by atoms with van der Waals surface area (Å²) in [6.07, 6.45) is 1.71. The molecule has 0 bridgehead atoms. The number of thiophene rings is 1. The number of nitrogens with one attached hydrogen (secondary N) is 1. The number of anilines is 1. The molecule has 0 aliphatic rings. The lowest BCUT2D eigenvalue weighted by molar-refractivity contribution is 0.0943. The van der Waals surface area contributed by atoms with Crippen molar-refractivity contribution in [1.29, 1.82) is 0 Å². The molecule has 0 spiro atoms. The molecule has 2 aromatic rings. The Hall–Kier alpha value is -1.88. The van der Waals surface area contributed by atoms with Gasteiger partial charge in [0.15, 0.2) is 0 Å². The quantitative estimate of drug-likeness (QED) is 0.892. The third-order valence-electron chi connectivity index (χ3n) is 2.66. The average molecular weight is 261 g/mol. The van der Waals surface area contributed by atoms with E-state index in [0.717, 1.165) is 10.6 Å². The summed E-state index contributed by atoms with van der Waals surface area (Å²) >= 11 is 1.40. The van der Waals surface area contributed by atoms with Crippen LogP contribution in [0, 0.1) is 6.92 Å². The molecule has 1 atom stereocenters. The topological polar surface area (TPSA) is 68.0 Å². The van der Waals surface area contributed by atoms with E-state index in [9.17, 15) is 4.79 Å². The number of hydrogen-bond donors (Lipinski definition) is 2. The number of carbonyl (C=O) groups is 1. The van der Waals surface area contributed by atoms with Crippen molar-refractivity contribution in [2.45, 2.75) is 19.9 Å². The van der Waals surface area contributed by atoms with Crippen LogP contribution >= 0.6 is 11.3 Å². The zero-order valence-corrected chi connectivity index (χ0v) is 11.1. The van der Waals surface area contributed by atoms with Crippen LogP contribution in [0.4, 0.5) is 5.69 Å². The van der Waals surface area contributed by atoms with E-state index in [1.54, 1.807) is 12.3 Å². The van der Waals surface area contributed by atoms with Crippen molar-refractivity contribution < 1.29 is 4.79 Å². The van der Waals surface area contributed by atoms with Crippen molar-refractivity contribution >= 4 is 22.9 Å². The number of pyridine rings is 1. The van der Waals surface area contributed by atoms with Crippen molar-refractivity contribution in [3.63, 3.8) is 0 Å². The van der Waals surface area contributed by atoms with E-state index in [4.69, 9.17) is 5.73 Å². The lowest BCUT2D eigenvalue weighted by Gasteiger charge is -2.12. The van der Waals surface area contributed by atoms with Crippen molar-refractivity contribution in [2.24, 2.45) is 0 Å². The predicted molar refractivity (Wildman–Crippen MR) is 73.6 cm³/mol. The molecule has 94 valence electrons. The predicted octanol–water partition coefficient (Wildman–Crippen LogP) is 2.52. The molecule has 0 aliphatic heterocycles. The second kappa shape index (κ2) is 5.18. The van der Waals surface area contributed by atoms with Crippen LogP contribution in [0.3, 0.4) is 0 Å². The van der Waals surface area contributed by atoms with Gasteiger partial charge in [0.2, 0.25) is 0 Å². The fraction of sp³-hybridized carbons (Fsp3) is 0.231. The van der Waals surface area contributed by atoms with Gasteiger partial charge in [-0.2, -0.15) is 0 Å². The summed E-state index contributed by atoms with van der Waals surface area (Å²) in [4.78, 5) is 17.8. The summed E-state index contributed by atoms with van der Waals surface area (Å²) in [5.41, 5.74) is 7.24. The van der Waals surface area contributed by atoms with Gasteiger partial charge in [0.25, 0.3) is 5.91 Å². The molecule has 1 unspecified atom stereocenters. The number of nitrogen functional groups attached to an aromatic ring is 1. The molecule has 0 saturated carbocycles. The van der Waals surface area contributed by atoms with E-state index in [0.29, 0.717) is 10.6 Å². The number of aromatic nitrogens is 1. The Morgan fingerprint density at radius 3 is 2.83 bits per heavy atom. The molecule has 4 nitrogen and oxygen atoms in total. The Kier molecular flexibility index (Phi) is 3.62. The number of hydrogen-bond acceptors (Lipinski definition) is 4. The van der Waals surface area contributed by atoms with Crippen molar-refractivity contribution in [1.82, 2.24) is 10.3 Å². The smallest absolute Gasteiger partial charge is 0.261 e. The first-order valence-electron chi connectivity index (χ1n) is 5.65. The third-order valence-corrected chi connectivity index (χ3v) is 3.72. The van der Waals surface area contributed by atoms with Gasteiger partial charge in [0.1, 0.15) is 0 Å². The normalized spacial score (nSPS) is 12.1. The highest BCUT2D eigenvalue weighted by molar-refractivity contribution is 7.14. The molecule has 18 heavy (non-hydrogen) atoms. The maximum atomic E-state index is 12.0. The van der Waals surface area contributed by atoms with Gasteiger partial charge in [-0.05, 0) is 32.0 Å². The van der Waals surface area contributed by atoms with Gasteiger partial charge in [-0.3, -0.25) is 9.78 Å². The molecule has 2 heterocycles.